The minimum atomic E-state index is -0.555. The van der Waals surface area contributed by atoms with Gasteiger partial charge in [0, 0.05) is 24.7 Å². The summed E-state index contributed by atoms with van der Waals surface area (Å²) in [7, 11) is 0. The Morgan fingerprint density at radius 3 is 2.80 bits per heavy atom. The second-order valence-electron chi connectivity index (χ2n) is 7.95. The largest absolute Gasteiger partial charge is 0.378 e. The van der Waals surface area contributed by atoms with Crippen molar-refractivity contribution in [3.63, 3.8) is 0 Å². The third-order valence-corrected chi connectivity index (χ3v) is 5.42. The van der Waals surface area contributed by atoms with E-state index in [-0.39, 0.29) is 11.3 Å². The van der Waals surface area contributed by atoms with E-state index in [1.54, 1.807) is 12.3 Å². The molecule has 11 nitrogen and oxygen atoms in total. The van der Waals surface area contributed by atoms with Gasteiger partial charge >= 0.3 is 0 Å². The van der Waals surface area contributed by atoms with Gasteiger partial charge in [-0.15, -0.1) is 0 Å². The number of ether oxygens (including phenoxy) is 1. The number of morpholine rings is 1. The number of aromatic nitrogens is 6. The first-order valence-corrected chi connectivity index (χ1v) is 10.9. The van der Waals surface area contributed by atoms with Gasteiger partial charge in [-0.1, -0.05) is 6.58 Å². The van der Waals surface area contributed by atoms with E-state index in [0.29, 0.717) is 60.6 Å². The van der Waals surface area contributed by atoms with Gasteiger partial charge in [-0.3, -0.25) is 9.89 Å². The minimum absolute atomic E-state index is 0.0637. The number of hydrogen-bond donors (Lipinski definition) is 3. The van der Waals surface area contributed by atoms with Crippen molar-refractivity contribution in [1.82, 2.24) is 30.1 Å². The topological polar surface area (TPSA) is 134 Å². The van der Waals surface area contributed by atoms with Crippen LogP contribution in [0.15, 0.2) is 43.4 Å². The molecule has 0 aliphatic carbocycles. The molecule has 178 valence electrons. The normalized spacial score (nSPS) is 13.6. The number of carbonyl (C=O) groups is 1. The Morgan fingerprint density at radius 2 is 2.03 bits per heavy atom. The molecule has 4 aromatic rings. The number of benzene rings is 1. The maximum Gasteiger partial charge on any atom is 0.256 e. The molecule has 0 bridgehead atoms. The maximum atomic E-state index is 14.7. The summed E-state index contributed by atoms with van der Waals surface area (Å²) in [5.41, 5.74) is 2.71. The van der Waals surface area contributed by atoms with Crippen LogP contribution in [0, 0.1) is 5.82 Å². The fourth-order valence-electron chi connectivity index (χ4n) is 3.53. The van der Waals surface area contributed by atoms with E-state index in [2.05, 4.69) is 47.3 Å². The van der Waals surface area contributed by atoms with Crippen LogP contribution in [0.1, 0.15) is 23.0 Å². The van der Waals surface area contributed by atoms with E-state index in [1.165, 1.54) is 24.5 Å². The van der Waals surface area contributed by atoms with E-state index < -0.39 is 11.7 Å². The van der Waals surface area contributed by atoms with Gasteiger partial charge in [0.15, 0.2) is 11.6 Å². The molecule has 1 aliphatic heterocycles. The van der Waals surface area contributed by atoms with Crippen molar-refractivity contribution in [1.29, 1.82) is 0 Å². The van der Waals surface area contributed by atoms with Crippen molar-refractivity contribution in [2.45, 2.75) is 6.92 Å². The van der Waals surface area contributed by atoms with Gasteiger partial charge in [0.05, 0.1) is 30.8 Å². The quantitative estimate of drug-likeness (QED) is 0.384. The highest BCUT2D eigenvalue weighted by Gasteiger charge is 2.17. The molecule has 1 saturated heterocycles. The van der Waals surface area contributed by atoms with Crippen molar-refractivity contribution in [2.75, 3.05) is 41.8 Å². The number of halogens is 1. The van der Waals surface area contributed by atoms with Gasteiger partial charge < -0.3 is 20.3 Å². The number of H-pyrrole nitrogens is 1. The van der Waals surface area contributed by atoms with Crippen molar-refractivity contribution in [3.05, 3.63) is 60.4 Å². The zero-order valence-electron chi connectivity index (χ0n) is 18.9. The number of nitrogens with zero attached hydrogens (tertiary/aromatic N) is 6. The third-order valence-electron chi connectivity index (χ3n) is 5.42. The SMILES string of the molecule is C=C(C)c1cc(NC(=O)c2ccc(F)c(Nc3ncnc4cnc(N5CCOCC5)nc34)c2)n[nH]1. The summed E-state index contributed by atoms with van der Waals surface area (Å²) >= 11 is 0. The molecular formula is C23H22FN9O2. The van der Waals surface area contributed by atoms with Gasteiger partial charge in [0.1, 0.15) is 23.2 Å². The molecule has 0 atom stereocenters. The second-order valence-corrected chi connectivity index (χ2v) is 7.95. The number of anilines is 4. The highest BCUT2D eigenvalue weighted by atomic mass is 19.1. The molecule has 35 heavy (non-hydrogen) atoms. The predicted octanol–water partition coefficient (Wildman–Crippen LogP) is 3.15. The van der Waals surface area contributed by atoms with Gasteiger partial charge in [0.25, 0.3) is 5.91 Å². The molecule has 0 spiro atoms. The molecule has 0 radical (unpaired) electrons. The lowest BCUT2D eigenvalue weighted by Crippen LogP contribution is -2.37. The number of allylic oxidation sites excluding steroid dienone is 1. The first kappa shape index (κ1) is 22.3. The Morgan fingerprint density at radius 1 is 1.20 bits per heavy atom. The van der Waals surface area contributed by atoms with Gasteiger partial charge in [-0.2, -0.15) is 5.10 Å². The van der Waals surface area contributed by atoms with Crippen LogP contribution in [0.25, 0.3) is 16.6 Å². The molecule has 1 amide bonds. The number of amides is 1. The number of carbonyl (C=O) groups excluding carboxylic acids is 1. The summed E-state index contributed by atoms with van der Waals surface area (Å²) in [5, 5.41) is 12.5. The van der Waals surface area contributed by atoms with Crippen LogP contribution in [-0.4, -0.2) is 62.3 Å². The van der Waals surface area contributed by atoms with Crippen LogP contribution in [0.5, 0.6) is 0 Å². The molecule has 0 unspecified atom stereocenters. The van der Waals surface area contributed by atoms with Gasteiger partial charge in [-0.25, -0.2) is 24.3 Å². The fourth-order valence-corrected chi connectivity index (χ4v) is 3.53. The molecular weight excluding hydrogens is 453 g/mol. The first-order chi connectivity index (χ1) is 17.0. The van der Waals surface area contributed by atoms with E-state index in [0.717, 1.165) is 5.57 Å². The van der Waals surface area contributed by atoms with Crippen molar-refractivity contribution in [3.8, 4) is 0 Å². The second kappa shape index (κ2) is 9.43. The standard InChI is InChI=1S/C23H22FN9O2/c1-13(2)16-10-19(32-31-16)29-22(34)14-3-4-15(24)17(9-14)28-21-20-18(26-12-27-21)11-25-23(30-20)33-5-7-35-8-6-33/h3-4,9-12H,1,5-8H2,2H3,(H,26,27,28)(H2,29,31,32,34). The summed E-state index contributed by atoms with van der Waals surface area (Å²) < 4.78 is 20.1. The summed E-state index contributed by atoms with van der Waals surface area (Å²) in [6.07, 6.45) is 2.94. The zero-order valence-corrected chi connectivity index (χ0v) is 18.9. The Balaban J connectivity index is 1.41. The van der Waals surface area contributed by atoms with Crippen LogP contribution in [0.2, 0.25) is 0 Å². The van der Waals surface area contributed by atoms with Crippen molar-refractivity contribution < 1.29 is 13.9 Å². The fraction of sp³-hybridized carbons (Fsp3) is 0.217. The van der Waals surface area contributed by atoms with E-state index in [9.17, 15) is 9.18 Å². The first-order valence-electron chi connectivity index (χ1n) is 10.9. The predicted molar refractivity (Wildman–Crippen MR) is 129 cm³/mol. The third kappa shape index (κ3) is 4.77. The van der Waals surface area contributed by atoms with Crippen LogP contribution in [0.3, 0.4) is 0 Å². The smallest absolute Gasteiger partial charge is 0.256 e. The highest BCUT2D eigenvalue weighted by Crippen LogP contribution is 2.26. The lowest BCUT2D eigenvalue weighted by Gasteiger charge is -2.26. The molecule has 1 aliphatic rings. The number of rotatable bonds is 6. The molecule has 5 rings (SSSR count). The average molecular weight is 475 g/mol. The number of aromatic amines is 1. The van der Waals surface area contributed by atoms with E-state index in [1.807, 2.05) is 11.8 Å². The molecule has 4 heterocycles. The van der Waals surface area contributed by atoms with E-state index >= 15 is 0 Å². The number of fused-ring (bicyclic) bond motifs is 1. The summed E-state index contributed by atoms with van der Waals surface area (Å²) in [5.74, 6) is 0.139. The summed E-state index contributed by atoms with van der Waals surface area (Å²) in [6.45, 7) is 8.16. The van der Waals surface area contributed by atoms with Crippen molar-refractivity contribution in [2.24, 2.45) is 0 Å². The van der Waals surface area contributed by atoms with Crippen molar-refractivity contribution >= 4 is 45.8 Å². The minimum Gasteiger partial charge on any atom is -0.378 e. The summed E-state index contributed by atoms with van der Waals surface area (Å²) in [6, 6.07) is 5.66. The molecule has 3 aromatic heterocycles. The molecule has 1 fully saturated rings. The average Bonchev–Trinajstić information content (AvgIpc) is 3.34. The highest BCUT2D eigenvalue weighted by molar-refractivity contribution is 6.04. The Bertz CT molecular complexity index is 1420. The monoisotopic (exact) mass is 475 g/mol. The summed E-state index contributed by atoms with van der Waals surface area (Å²) in [4.78, 5) is 32.2. The Kier molecular flexibility index (Phi) is 6.02. The zero-order chi connectivity index (χ0) is 24.4. The molecule has 3 N–H and O–H groups in total. The van der Waals surface area contributed by atoms with Crippen LogP contribution in [-0.2, 0) is 4.74 Å². The van der Waals surface area contributed by atoms with Crippen LogP contribution < -0.4 is 15.5 Å². The lowest BCUT2D eigenvalue weighted by molar-refractivity contribution is 0.102. The van der Waals surface area contributed by atoms with Crippen LogP contribution >= 0.6 is 0 Å². The molecule has 1 aromatic carbocycles. The number of hydrogen-bond acceptors (Lipinski definition) is 9. The van der Waals surface area contributed by atoms with Gasteiger partial charge in [0.2, 0.25) is 5.95 Å². The molecule has 12 heteroatoms. The Hall–Kier alpha value is -4.45. The van der Waals surface area contributed by atoms with Gasteiger partial charge in [-0.05, 0) is 30.7 Å². The number of nitrogens with one attached hydrogen (secondary N) is 3. The maximum absolute atomic E-state index is 14.7. The lowest BCUT2D eigenvalue weighted by atomic mass is 10.1. The van der Waals surface area contributed by atoms with Crippen LogP contribution in [0.4, 0.5) is 27.7 Å². The molecule has 0 saturated carbocycles. The Labute approximate surface area is 199 Å². The van der Waals surface area contributed by atoms with E-state index in [4.69, 9.17) is 4.74 Å².